The fourth-order valence-electron chi connectivity index (χ4n) is 3.10. The first-order valence-electron chi connectivity index (χ1n) is 8.28. The largest absolute Gasteiger partial charge is 0.416 e. The molecule has 1 amide bonds. The van der Waals surface area contributed by atoms with Gasteiger partial charge in [-0.2, -0.15) is 13.2 Å². The summed E-state index contributed by atoms with van der Waals surface area (Å²) in [5, 5.41) is 1.79. The van der Waals surface area contributed by atoms with Crippen LogP contribution in [0.2, 0.25) is 0 Å². The fourth-order valence-corrected chi connectivity index (χ4v) is 4.38. The number of alkyl halides is 3. The van der Waals surface area contributed by atoms with Gasteiger partial charge in [-0.25, -0.2) is 0 Å². The Bertz CT molecular complexity index is 1130. The minimum atomic E-state index is -4.50. The lowest BCUT2D eigenvalue weighted by Gasteiger charge is -2.17. The Morgan fingerprint density at radius 2 is 1.61 bits per heavy atom. The minimum Gasteiger partial charge on any atom is -0.268 e. The Kier molecular flexibility index (Phi) is 4.72. The third-order valence-corrected chi connectivity index (χ3v) is 5.66. The number of hydrogen-bond donors (Lipinski definition) is 0. The van der Waals surface area contributed by atoms with Crippen LogP contribution in [0.1, 0.15) is 11.1 Å². The number of halogens is 3. The molecule has 1 heterocycles. The molecule has 1 aliphatic rings. The summed E-state index contributed by atoms with van der Waals surface area (Å²) in [7, 11) is 0. The minimum absolute atomic E-state index is 0.0616. The summed E-state index contributed by atoms with van der Waals surface area (Å²) in [6.07, 6.45) is -3.25. The Labute approximate surface area is 168 Å². The molecule has 28 heavy (non-hydrogen) atoms. The van der Waals surface area contributed by atoms with Gasteiger partial charge in [0.15, 0.2) is 4.32 Å². The second-order valence-corrected chi connectivity index (χ2v) is 7.78. The molecule has 7 heteroatoms. The number of carbonyl (C=O) groups excluding carboxylic acids is 1. The molecular weight excluding hydrogens is 403 g/mol. The standard InChI is InChI=1S/C21H12F3NOS2/c22-21(23,24)16-10-4-2-7-14(16)12-18-19(26)25(20(27)28-18)17-11-5-8-13-6-1-3-9-15(13)17/h1-12H/b18-12+. The van der Waals surface area contributed by atoms with Crippen LogP contribution in [0.4, 0.5) is 18.9 Å². The maximum atomic E-state index is 13.3. The molecule has 140 valence electrons. The predicted molar refractivity (Wildman–Crippen MR) is 111 cm³/mol. The average Bonchev–Trinajstić information content (AvgIpc) is 2.94. The number of hydrogen-bond acceptors (Lipinski definition) is 3. The Morgan fingerprint density at radius 1 is 0.929 bits per heavy atom. The number of benzene rings is 3. The van der Waals surface area contributed by atoms with Crippen LogP contribution in [0.25, 0.3) is 16.8 Å². The van der Waals surface area contributed by atoms with Crippen LogP contribution in [-0.4, -0.2) is 10.2 Å². The number of thioether (sulfide) groups is 1. The summed E-state index contributed by atoms with van der Waals surface area (Å²) in [6, 6.07) is 18.2. The lowest BCUT2D eigenvalue weighted by atomic mass is 10.1. The monoisotopic (exact) mass is 415 g/mol. The summed E-state index contributed by atoms with van der Waals surface area (Å²) < 4.78 is 40.1. The van der Waals surface area contributed by atoms with E-state index in [1.165, 1.54) is 29.2 Å². The molecule has 0 spiro atoms. The van der Waals surface area contributed by atoms with Gasteiger partial charge in [0, 0.05) is 5.39 Å². The van der Waals surface area contributed by atoms with Crippen molar-refractivity contribution >= 4 is 56.7 Å². The molecule has 0 bridgehead atoms. The Hall–Kier alpha value is -2.64. The van der Waals surface area contributed by atoms with Gasteiger partial charge >= 0.3 is 6.18 Å². The quantitative estimate of drug-likeness (QED) is 0.364. The van der Waals surface area contributed by atoms with Gasteiger partial charge in [0.1, 0.15) is 0 Å². The maximum absolute atomic E-state index is 13.3. The van der Waals surface area contributed by atoms with E-state index in [4.69, 9.17) is 12.2 Å². The second-order valence-electron chi connectivity index (χ2n) is 6.10. The highest BCUT2D eigenvalue weighted by molar-refractivity contribution is 8.27. The lowest BCUT2D eigenvalue weighted by molar-refractivity contribution is -0.137. The summed E-state index contributed by atoms with van der Waals surface area (Å²) in [4.78, 5) is 14.5. The van der Waals surface area contributed by atoms with E-state index >= 15 is 0 Å². The van der Waals surface area contributed by atoms with Gasteiger partial charge in [-0.3, -0.25) is 9.69 Å². The van der Waals surface area contributed by atoms with Crippen molar-refractivity contribution in [1.82, 2.24) is 0 Å². The van der Waals surface area contributed by atoms with Crippen LogP contribution < -0.4 is 4.90 Å². The van der Waals surface area contributed by atoms with E-state index in [9.17, 15) is 18.0 Å². The normalized spacial score (nSPS) is 16.4. The molecule has 1 saturated heterocycles. The van der Waals surface area contributed by atoms with Gasteiger partial charge in [-0.15, -0.1) is 0 Å². The maximum Gasteiger partial charge on any atom is 0.416 e. The van der Waals surface area contributed by atoms with Gasteiger partial charge in [0.25, 0.3) is 5.91 Å². The number of thiocarbonyl (C=S) groups is 1. The van der Waals surface area contributed by atoms with Crippen molar-refractivity contribution in [3.63, 3.8) is 0 Å². The van der Waals surface area contributed by atoms with Crippen molar-refractivity contribution in [2.75, 3.05) is 4.90 Å². The third kappa shape index (κ3) is 3.31. The Morgan fingerprint density at radius 3 is 2.39 bits per heavy atom. The number of carbonyl (C=O) groups is 1. The zero-order valence-electron chi connectivity index (χ0n) is 14.2. The van der Waals surface area contributed by atoms with Crippen LogP contribution in [0.3, 0.4) is 0 Å². The van der Waals surface area contributed by atoms with Crippen molar-refractivity contribution in [2.45, 2.75) is 6.18 Å². The van der Waals surface area contributed by atoms with Gasteiger partial charge < -0.3 is 0 Å². The molecule has 1 fully saturated rings. The molecule has 1 aliphatic heterocycles. The summed E-state index contributed by atoms with van der Waals surface area (Å²) >= 11 is 6.37. The molecule has 0 radical (unpaired) electrons. The fraction of sp³-hybridized carbons (Fsp3) is 0.0476. The number of amides is 1. The van der Waals surface area contributed by atoms with E-state index in [1.807, 2.05) is 36.4 Å². The smallest absolute Gasteiger partial charge is 0.268 e. The highest BCUT2D eigenvalue weighted by Crippen LogP contribution is 2.40. The van der Waals surface area contributed by atoms with E-state index in [-0.39, 0.29) is 14.8 Å². The van der Waals surface area contributed by atoms with Crippen LogP contribution in [0.15, 0.2) is 71.6 Å². The molecule has 0 aromatic heterocycles. The summed E-state index contributed by atoms with van der Waals surface area (Å²) in [5.74, 6) is -0.427. The predicted octanol–water partition coefficient (Wildman–Crippen LogP) is 6.26. The third-order valence-electron chi connectivity index (χ3n) is 4.35. The topological polar surface area (TPSA) is 20.3 Å². The lowest BCUT2D eigenvalue weighted by Crippen LogP contribution is -2.27. The van der Waals surface area contributed by atoms with E-state index in [0.717, 1.165) is 28.6 Å². The molecule has 0 saturated carbocycles. The van der Waals surface area contributed by atoms with Crippen molar-refractivity contribution in [3.8, 4) is 0 Å². The molecule has 3 aromatic rings. The van der Waals surface area contributed by atoms with E-state index in [2.05, 4.69) is 0 Å². The summed E-state index contributed by atoms with van der Waals surface area (Å²) in [5.41, 5.74) is -0.230. The SMILES string of the molecule is O=C1/C(=C\c2ccccc2C(F)(F)F)SC(=S)N1c1cccc2ccccc12. The van der Waals surface area contributed by atoms with Gasteiger partial charge in [0.2, 0.25) is 0 Å². The molecule has 0 unspecified atom stereocenters. The summed E-state index contributed by atoms with van der Waals surface area (Å²) in [6.45, 7) is 0. The number of anilines is 1. The van der Waals surface area contributed by atoms with E-state index in [1.54, 1.807) is 6.07 Å². The zero-order valence-corrected chi connectivity index (χ0v) is 15.9. The van der Waals surface area contributed by atoms with Crippen LogP contribution in [-0.2, 0) is 11.0 Å². The van der Waals surface area contributed by atoms with Gasteiger partial charge in [0.05, 0.1) is 16.2 Å². The molecule has 0 aliphatic carbocycles. The first-order chi connectivity index (χ1) is 13.4. The number of nitrogens with zero attached hydrogens (tertiary/aromatic N) is 1. The Balaban J connectivity index is 1.78. The van der Waals surface area contributed by atoms with Crippen LogP contribution in [0, 0.1) is 0 Å². The van der Waals surface area contributed by atoms with Crippen molar-refractivity contribution in [1.29, 1.82) is 0 Å². The molecule has 4 rings (SSSR count). The van der Waals surface area contributed by atoms with Crippen molar-refractivity contribution < 1.29 is 18.0 Å². The van der Waals surface area contributed by atoms with Crippen molar-refractivity contribution in [3.05, 3.63) is 82.8 Å². The van der Waals surface area contributed by atoms with Gasteiger partial charge in [-0.1, -0.05) is 78.6 Å². The molecule has 0 N–H and O–H groups in total. The van der Waals surface area contributed by atoms with E-state index < -0.39 is 17.6 Å². The van der Waals surface area contributed by atoms with Crippen molar-refractivity contribution in [2.24, 2.45) is 0 Å². The zero-order chi connectivity index (χ0) is 19.9. The van der Waals surface area contributed by atoms with Gasteiger partial charge in [-0.05, 0) is 29.2 Å². The first-order valence-corrected chi connectivity index (χ1v) is 9.51. The highest BCUT2D eigenvalue weighted by atomic mass is 32.2. The molecule has 2 nitrogen and oxygen atoms in total. The highest BCUT2D eigenvalue weighted by Gasteiger charge is 2.36. The molecular formula is C21H12F3NOS2. The average molecular weight is 415 g/mol. The number of fused-ring (bicyclic) bond motifs is 1. The first kappa shape index (κ1) is 18.7. The molecule has 3 aromatic carbocycles. The molecule has 0 atom stereocenters. The second kappa shape index (κ2) is 7.07. The van der Waals surface area contributed by atoms with Crippen LogP contribution >= 0.6 is 24.0 Å². The van der Waals surface area contributed by atoms with E-state index in [0.29, 0.717) is 5.69 Å². The van der Waals surface area contributed by atoms with Crippen LogP contribution in [0.5, 0.6) is 0 Å². The number of rotatable bonds is 2.